The maximum absolute atomic E-state index is 10.9. The number of hydrogen-bond donors (Lipinski definition) is 1. The number of carbonyl (C=O) groups is 1. The fourth-order valence-electron chi connectivity index (χ4n) is 1.64. The van der Waals surface area contributed by atoms with E-state index >= 15 is 0 Å². The number of carboxylic acids is 1. The summed E-state index contributed by atoms with van der Waals surface area (Å²) in [7, 11) is 0. The van der Waals surface area contributed by atoms with Crippen LogP contribution >= 0.6 is 0 Å². The third-order valence-corrected chi connectivity index (χ3v) is 2.57. The summed E-state index contributed by atoms with van der Waals surface area (Å²) in [5.41, 5.74) is 0.996. The maximum Gasteiger partial charge on any atom is 0.358 e. The van der Waals surface area contributed by atoms with Crippen molar-refractivity contribution in [3.05, 3.63) is 59.9 Å². The van der Waals surface area contributed by atoms with Gasteiger partial charge < -0.3 is 14.6 Å². The average Bonchev–Trinajstić information content (AvgIpc) is 2.48. The Bertz CT molecular complexity index is 557. The van der Waals surface area contributed by atoms with Crippen LogP contribution < -0.4 is 4.74 Å². The molecule has 0 aliphatic heterocycles. The van der Waals surface area contributed by atoms with Crippen LogP contribution in [0.25, 0.3) is 0 Å². The minimum Gasteiger partial charge on any atom is -0.489 e. The van der Waals surface area contributed by atoms with Gasteiger partial charge >= 0.3 is 5.97 Å². The summed E-state index contributed by atoms with van der Waals surface area (Å²) in [6.45, 7) is 1.16. The average molecular weight is 273 g/mol. The first-order chi connectivity index (χ1) is 9.77. The zero-order valence-corrected chi connectivity index (χ0v) is 10.9. The van der Waals surface area contributed by atoms with Crippen LogP contribution in [0.3, 0.4) is 0 Å². The second-order valence-corrected chi connectivity index (χ2v) is 4.04. The van der Waals surface area contributed by atoms with E-state index in [4.69, 9.17) is 14.6 Å². The van der Waals surface area contributed by atoms with Gasteiger partial charge in [0.2, 0.25) is 0 Å². The molecular formula is C15H15NO4. The Morgan fingerprint density at radius 3 is 2.65 bits per heavy atom. The predicted molar refractivity (Wildman–Crippen MR) is 72.8 cm³/mol. The number of aromatic nitrogens is 1. The van der Waals surface area contributed by atoms with Crippen LogP contribution in [-0.2, 0) is 11.3 Å². The van der Waals surface area contributed by atoms with E-state index in [0.717, 1.165) is 5.56 Å². The third-order valence-electron chi connectivity index (χ3n) is 2.57. The number of ether oxygens (including phenoxy) is 2. The van der Waals surface area contributed by atoms with E-state index in [1.54, 1.807) is 12.1 Å². The topological polar surface area (TPSA) is 68.7 Å². The Morgan fingerprint density at radius 1 is 1.10 bits per heavy atom. The molecule has 2 aromatic rings. The Labute approximate surface area is 116 Å². The minimum absolute atomic E-state index is 0.0874. The molecule has 0 unspecified atom stereocenters. The van der Waals surface area contributed by atoms with E-state index < -0.39 is 5.97 Å². The molecule has 0 fully saturated rings. The molecule has 0 saturated heterocycles. The first-order valence-corrected chi connectivity index (χ1v) is 6.20. The molecule has 0 aliphatic carbocycles. The molecule has 104 valence electrons. The molecule has 0 aliphatic rings. The highest BCUT2D eigenvalue weighted by molar-refractivity contribution is 5.88. The van der Waals surface area contributed by atoms with Crippen molar-refractivity contribution in [2.24, 2.45) is 0 Å². The molecule has 2 rings (SSSR count). The molecule has 0 bridgehead atoms. The monoisotopic (exact) mass is 273 g/mol. The summed E-state index contributed by atoms with van der Waals surface area (Å²) >= 11 is 0. The van der Waals surface area contributed by atoms with Crippen molar-refractivity contribution in [2.75, 3.05) is 13.2 Å². The highest BCUT2D eigenvalue weighted by Crippen LogP contribution is 2.14. The minimum atomic E-state index is -1.11. The van der Waals surface area contributed by atoms with Crippen LogP contribution in [0.1, 0.15) is 16.1 Å². The summed E-state index contributed by atoms with van der Waals surface area (Å²) in [5.74, 6) is -0.853. The molecular weight excluding hydrogens is 258 g/mol. The summed E-state index contributed by atoms with van der Waals surface area (Å²) in [5, 5.41) is 8.94. The molecule has 0 radical (unpaired) electrons. The van der Waals surface area contributed by atoms with Gasteiger partial charge in [0.25, 0.3) is 0 Å². The third kappa shape index (κ3) is 4.07. The Balaban J connectivity index is 1.75. The van der Waals surface area contributed by atoms with Gasteiger partial charge in [0.05, 0.1) is 13.2 Å². The van der Waals surface area contributed by atoms with Crippen LogP contribution in [-0.4, -0.2) is 29.3 Å². The molecule has 1 heterocycles. The zero-order chi connectivity index (χ0) is 14.2. The lowest BCUT2D eigenvalue weighted by Crippen LogP contribution is -2.10. The molecule has 0 amide bonds. The Morgan fingerprint density at radius 2 is 1.90 bits per heavy atom. The van der Waals surface area contributed by atoms with E-state index in [-0.39, 0.29) is 18.1 Å². The summed E-state index contributed by atoms with van der Waals surface area (Å²) in [6.07, 6.45) is 1.42. The molecule has 0 atom stereocenters. The molecule has 0 saturated carbocycles. The van der Waals surface area contributed by atoms with Crippen LogP contribution in [0.4, 0.5) is 0 Å². The van der Waals surface area contributed by atoms with Crippen LogP contribution in [0, 0.1) is 0 Å². The zero-order valence-electron chi connectivity index (χ0n) is 10.9. The molecule has 1 aromatic heterocycles. The molecule has 1 N–H and O–H groups in total. The first kappa shape index (κ1) is 14.0. The smallest absolute Gasteiger partial charge is 0.358 e. The van der Waals surface area contributed by atoms with Crippen molar-refractivity contribution in [1.82, 2.24) is 4.98 Å². The van der Waals surface area contributed by atoms with E-state index in [1.165, 1.54) is 6.20 Å². The number of benzene rings is 1. The van der Waals surface area contributed by atoms with Crippen molar-refractivity contribution in [2.45, 2.75) is 6.61 Å². The number of hydrogen-bond acceptors (Lipinski definition) is 4. The van der Waals surface area contributed by atoms with E-state index in [1.807, 2.05) is 30.3 Å². The Hall–Kier alpha value is -2.40. The van der Waals surface area contributed by atoms with Crippen molar-refractivity contribution in [1.29, 1.82) is 0 Å². The number of carboxylic acid groups (broad SMARTS) is 1. The van der Waals surface area contributed by atoms with Gasteiger partial charge in [-0.15, -0.1) is 0 Å². The van der Waals surface area contributed by atoms with Gasteiger partial charge in [0.15, 0.2) is 11.4 Å². The molecule has 5 nitrogen and oxygen atoms in total. The molecule has 0 spiro atoms. The fourth-order valence-corrected chi connectivity index (χ4v) is 1.64. The largest absolute Gasteiger partial charge is 0.489 e. The van der Waals surface area contributed by atoms with Crippen LogP contribution in [0.15, 0.2) is 48.7 Å². The van der Waals surface area contributed by atoms with Gasteiger partial charge in [-0.05, 0) is 17.7 Å². The lowest BCUT2D eigenvalue weighted by molar-refractivity contribution is 0.0674. The normalized spacial score (nSPS) is 10.2. The van der Waals surface area contributed by atoms with Crippen molar-refractivity contribution in [3.63, 3.8) is 0 Å². The number of pyridine rings is 1. The number of nitrogens with zero attached hydrogens (tertiary/aromatic N) is 1. The predicted octanol–water partition coefficient (Wildman–Crippen LogP) is 2.38. The fraction of sp³-hybridized carbons (Fsp3) is 0.200. The molecule has 1 aromatic carbocycles. The summed E-state index contributed by atoms with van der Waals surface area (Å²) in [4.78, 5) is 14.7. The summed E-state index contributed by atoms with van der Waals surface area (Å²) in [6, 6.07) is 13.0. The second kappa shape index (κ2) is 7.25. The van der Waals surface area contributed by atoms with E-state index in [0.29, 0.717) is 13.2 Å². The number of rotatable bonds is 7. The standard InChI is InChI=1S/C15H15NO4/c17-15(18)14-13(7-4-8-16-14)20-10-9-19-11-12-5-2-1-3-6-12/h1-8H,9-11H2,(H,17,18). The maximum atomic E-state index is 10.9. The SMILES string of the molecule is O=C(O)c1ncccc1OCCOCc1ccccc1. The van der Waals surface area contributed by atoms with Gasteiger partial charge in [0, 0.05) is 6.20 Å². The van der Waals surface area contributed by atoms with E-state index in [9.17, 15) is 4.79 Å². The van der Waals surface area contributed by atoms with Crippen LogP contribution in [0.2, 0.25) is 0 Å². The van der Waals surface area contributed by atoms with Gasteiger partial charge in [-0.2, -0.15) is 0 Å². The van der Waals surface area contributed by atoms with Crippen molar-refractivity contribution in [3.8, 4) is 5.75 Å². The van der Waals surface area contributed by atoms with Gasteiger partial charge in [-0.3, -0.25) is 0 Å². The highest BCUT2D eigenvalue weighted by atomic mass is 16.5. The van der Waals surface area contributed by atoms with Gasteiger partial charge in [-0.25, -0.2) is 9.78 Å². The Kier molecular flexibility index (Phi) is 5.08. The quantitative estimate of drug-likeness (QED) is 0.784. The summed E-state index contributed by atoms with van der Waals surface area (Å²) < 4.78 is 10.8. The van der Waals surface area contributed by atoms with Crippen molar-refractivity contribution < 1.29 is 19.4 Å². The van der Waals surface area contributed by atoms with Gasteiger partial charge in [0.1, 0.15) is 6.61 Å². The van der Waals surface area contributed by atoms with Crippen molar-refractivity contribution >= 4 is 5.97 Å². The van der Waals surface area contributed by atoms with Crippen LogP contribution in [0.5, 0.6) is 5.75 Å². The first-order valence-electron chi connectivity index (χ1n) is 6.20. The van der Waals surface area contributed by atoms with Gasteiger partial charge in [-0.1, -0.05) is 30.3 Å². The lowest BCUT2D eigenvalue weighted by Gasteiger charge is -2.08. The molecule has 20 heavy (non-hydrogen) atoms. The highest BCUT2D eigenvalue weighted by Gasteiger charge is 2.11. The lowest BCUT2D eigenvalue weighted by atomic mass is 10.2. The number of aromatic carboxylic acids is 1. The van der Waals surface area contributed by atoms with E-state index in [2.05, 4.69) is 4.98 Å². The molecule has 5 heteroatoms. The second-order valence-electron chi connectivity index (χ2n) is 4.04.